The molecule has 0 saturated carbocycles. The van der Waals surface area contributed by atoms with E-state index in [0.717, 1.165) is 5.56 Å². The van der Waals surface area contributed by atoms with Crippen LogP contribution in [0.2, 0.25) is 0 Å². The Balaban J connectivity index is 2.19. The van der Waals surface area contributed by atoms with E-state index in [1.165, 1.54) is 18.2 Å². The number of hydrogen-bond donors (Lipinski definition) is 0. The van der Waals surface area contributed by atoms with Gasteiger partial charge in [-0.05, 0) is 38.1 Å². The van der Waals surface area contributed by atoms with Crippen molar-refractivity contribution in [3.05, 3.63) is 69.3 Å². The van der Waals surface area contributed by atoms with Gasteiger partial charge in [0.25, 0.3) is 5.69 Å². The van der Waals surface area contributed by atoms with Crippen LogP contribution in [0.1, 0.15) is 21.5 Å². The molecule has 5 heteroatoms. The number of carbonyl (C=O) groups is 1. The summed E-state index contributed by atoms with van der Waals surface area (Å²) in [4.78, 5) is 22.2. The molecule has 0 aliphatic rings. The highest BCUT2D eigenvalue weighted by atomic mass is 16.6. The fourth-order valence-electron chi connectivity index (χ4n) is 1.76. The lowest BCUT2D eigenvalue weighted by atomic mass is 10.1. The highest BCUT2D eigenvalue weighted by Crippen LogP contribution is 2.20. The highest BCUT2D eigenvalue weighted by Gasteiger charge is 2.15. The third kappa shape index (κ3) is 3.00. The number of aryl methyl sites for hydroxylation is 2. The first-order chi connectivity index (χ1) is 9.47. The van der Waals surface area contributed by atoms with Crippen LogP contribution < -0.4 is 4.74 Å². The quantitative estimate of drug-likeness (QED) is 0.371. The first-order valence-electron chi connectivity index (χ1n) is 6.01. The Labute approximate surface area is 116 Å². The summed E-state index contributed by atoms with van der Waals surface area (Å²) in [5.41, 5.74) is 1.76. The molecule has 2 aromatic rings. The Morgan fingerprint density at radius 2 is 1.75 bits per heavy atom. The van der Waals surface area contributed by atoms with E-state index in [1.807, 2.05) is 19.1 Å². The summed E-state index contributed by atoms with van der Waals surface area (Å²) in [5.74, 6) is -0.0940. The molecule has 0 spiro atoms. The number of nitro groups is 1. The number of esters is 1. The Hall–Kier alpha value is -2.69. The van der Waals surface area contributed by atoms with Gasteiger partial charge in [-0.2, -0.15) is 0 Å². The van der Waals surface area contributed by atoms with E-state index in [-0.39, 0.29) is 11.3 Å². The molecule has 0 saturated heterocycles. The van der Waals surface area contributed by atoms with Crippen LogP contribution >= 0.6 is 0 Å². The zero-order valence-electron chi connectivity index (χ0n) is 11.1. The number of ether oxygens (including phenoxy) is 1. The van der Waals surface area contributed by atoms with Crippen LogP contribution in [0, 0.1) is 24.0 Å². The molecule has 0 amide bonds. The van der Waals surface area contributed by atoms with E-state index >= 15 is 0 Å². The summed E-state index contributed by atoms with van der Waals surface area (Å²) in [6.07, 6.45) is 0. The molecule has 0 atom stereocenters. The monoisotopic (exact) mass is 271 g/mol. The average Bonchev–Trinajstić information content (AvgIpc) is 2.40. The summed E-state index contributed by atoms with van der Waals surface area (Å²) < 4.78 is 5.20. The van der Waals surface area contributed by atoms with Crippen LogP contribution in [0.3, 0.4) is 0 Å². The molecule has 0 aliphatic carbocycles. The Morgan fingerprint density at radius 1 is 1.10 bits per heavy atom. The maximum atomic E-state index is 11.9. The fourth-order valence-corrected chi connectivity index (χ4v) is 1.76. The summed E-state index contributed by atoms with van der Waals surface area (Å²) in [6, 6.07) is 11.2. The van der Waals surface area contributed by atoms with E-state index in [9.17, 15) is 14.9 Å². The van der Waals surface area contributed by atoms with Gasteiger partial charge in [0.1, 0.15) is 5.75 Å². The van der Waals surface area contributed by atoms with Gasteiger partial charge in [-0.3, -0.25) is 10.1 Å². The molecule has 0 bridgehead atoms. The van der Waals surface area contributed by atoms with Gasteiger partial charge < -0.3 is 4.74 Å². The first-order valence-corrected chi connectivity index (χ1v) is 6.01. The molecule has 0 radical (unpaired) electrons. The number of nitro benzene ring substituents is 1. The van der Waals surface area contributed by atoms with Crippen LogP contribution in [-0.2, 0) is 0 Å². The van der Waals surface area contributed by atoms with Gasteiger partial charge in [0, 0.05) is 11.6 Å². The maximum absolute atomic E-state index is 11.9. The molecular weight excluding hydrogens is 258 g/mol. The lowest BCUT2D eigenvalue weighted by Gasteiger charge is -2.05. The molecule has 2 aromatic carbocycles. The third-order valence-electron chi connectivity index (χ3n) is 2.86. The second kappa shape index (κ2) is 5.52. The smallest absolute Gasteiger partial charge is 0.343 e. The van der Waals surface area contributed by atoms with E-state index in [2.05, 4.69) is 0 Å². The highest BCUT2D eigenvalue weighted by molar-refractivity contribution is 5.91. The van der Waals surface area contributed by atoms with Crippen molar-refractivity contribution in [2.75, 3.05) is 0 Å². The van der Waals surface area contributed by atoms with Crippen molar-refractivity contribution in [3.63, 3.8) is 0 Å². The average molecular weight is 271 g/mol. The normalized spacial score (nSPS) is 10.1. The van der Waals surface area contributed by atoms with Crippen LogP contribution in [0.15, 0.2) is 42.5 Å². The van der Waals surface area contributed by atoms with Gasteiger partial charge in [0.15, 0.2) is 0 Å². The molecule has 2 rings (SSSR count). The molecule has 102 valence electrons. The van der Waals surface area contributed by atoms with Crippen LogP contribution in [-0.4, -0.2) is 10.9 Å². The van der Waals surface area contributed by atoms with E-state index in [0.29, 0.717) is 11.3 Å². The van der Waals surface area contributed by atoms with Gasteiger partial charge in [-0.25, -0.2) is 4.79 Å². The van der Waals surface area contributed by atoms with Crippen molar-refractivity contribution in [2.45, 2.75) is 13.8 Å². The Kier molecular flexibility index (Phi) is 3.79. The summed E-state index contributed by atoms with van der Waals surface area (Å²) >= 11 is 0. The van der Waals surface area contributed by atoms with Crippen molar-refractivity contribution in [1.82, 2.24) is 0 Å². The minimum absolute atomic E-state index is 0.0168. The Bertz CT molecular complexity index is 662. The first kappa shape index (κ1) is 13.7. The maximum Gasteiger partial charge on any atom is 0.343 e. The number of rotatable bonds is 3. The van der Waals surface area contributed by atoms with Crippen LogP contribution in [0.5, 0.6) is 5.75 Å². The van der Waals surface area contributed by atoms with Crippen molar-refractivity contribution in [2.24, 2.45) is 0 Å². The zero-order valence-corrected chi connectivity index (χ0v) is 11.1. The molecule has 0 aromatic heterocycles. The summed E-state index contributed by atoms with van der Waals surface area (Å²) in [6.45, 7) is 3.52. The van der Waals surface area contributed by atoms with Gasteiger partial charge in [-0.15, -0.1) is 0 Å². The molecule has 0 aliphatic heterocycles. The number of hydrogen-bond acceptors (Lipinski definition) is 4. The number of nitrogens with zero attached hydrogens (tertiary/aromatic N) is 1. The van der Waals surface area contributed by atoms with Gasteiger partial charge >= 0.3 is 5.97 Å². The second-order valence-corrected chi connectivity index (χ2v) is 4.46. The molecule has 20 heavy (non-hydrogen) atoms. The van der Waals surface area contributed by atoms with Crippen molar-refractivity contribution < 1.29 is 14.5 Å². The predicted molar refractivity (Wildman–Crippen MR) is 74.0 cm³/mol. The number of carbonyl (C=O) groups excluding carboxylic acids is 1. The molecule has 0 heterocycles. The molecule has 0 N–H and O–H groups in total. The van der Waals surface area contributed by atoms with E-state index in [1.54, 1.807) is 19.1 Å². The minimum atomic E-state index is -0.535. The molecule has 0 unspecified atom stereocenters. The summed E-state index contributed by atoms with van der Waals surface area (Å²) in [7, 11) is 0. The van der Waals surface area contributed by atoms with Crippen molar-refractivity contribution in [1.29, 1.82) is 0 Å². The lowest BCUT2D eigenvalue weighted by Crippen LogP contribution is -2.09. The lowest BCUT2D eigenvalue weighted by molar-refractivity contribution is -0.385. The van der Waals surface area contributed by atoms with Gasteiger partial charge in [-0.1, -0.05) is 17.7 Å². The van der Waals surface area contributed by atoms with Crippen molar-refractivity contribution >= 4 is 11.7 Å². The minimum Gasteiger partial charge on any atom is -0.423 e. The van der Waals surface area contributed by atoms with E-state index < -0.39 is 10.9 Å². The third-order valence-corrected chi connectivity index (χ3v) is 2.86. The van der Waals surface area contributed by atoms with Crippen LogP contribution in [0.4, 0.5) is 5.69 Å². The predicted octanol–water partition coefficient (Wildman–Crippen LogP) is 3.43. The molecular formula is C15H13NO4. The molecule has 0 fully saturated rings. The fraction of sp³-hybridized carbons (Fsp3) is 0.133. The standard InChI is InChI=1S/C15H13NO4/c1-10-3-6-13(7-4-10)20-15(17)12-5-8-14(16(18)19)11(2)9-12/h3-9H,1-2H3. The zero-order chi connectivity index (χ0) is 14.7. The SMILES string of the molecule is Cc1ccc(OC(=O)c2ccc([N+](=O)[O-])c(C)c2)cc1. The molecule has 5 nitrogen and oxygen atoms in total. The van der Waals surface area contributed by atoms with Gasteiger partial charge in [0.2, 0.25) is 0 Å². The van der Waals surface area contributed by atoms with E-state index in [4.69, 9.17) is 4.74 Å². The summed E-state index contributed by atoms with van der Waals surface area (Å²) in [5, 5.41) is 10.7. The van der Waals surface area contributed by atoms with Crippen LogP contribution in [0.25, 0.3) is 0 Å². The van der Waals surface area contributed by atoms with Crippen molar-refractivity contribution in [3.8, 4) is 5.75 Å². The van der Waals surface area contributed by atoms with Gasteiger partial charge in [0.05, 0.1) is 10.5 Å². The largest absolute Gasteiger partial charge is 0.423 e. The number of benzene rings is 2. The second-order valence-electron chi connectivity index (χ2n) is 4.46. The topological polar surface area (TPSA) is 69.4 Å². The Morgan fingerprint density at radius 3 is 2.30 bits per heavy atom.